The molecule has 28 aromatic carbocycles. The van der Waals surface area contributed by atoms with Gasteiger partial charge in [0.2, 0.25) is 0 Å². The van der Waals surface area contributed by atoms with E-state index in [4.69, 9.17) is 0 Å². The Hall–Kier alpha value is -18.7. The highest BCUT2D eigenvalue weighted by Gasteiger charge is 2.27. The quantitative estimate of drug-likeness (QED) is 0.0846. The molecule has 0 aliphatic rings. The highest BCUT2D eigenvalue weighted by molar-refractivity contribution is 6.34. The minimum atomic E-state index is 1.19. The second-order valence-corrected chi connectivity index (χ2v) is 38.2. The van der Waals surface area contributed by atoms with Gasteiger partial charge >= 0.3 is 0 Å². The summed E-state index contributed by atoms with van der Waals surface area (Å²) in [6.07, 6.45) is 0. The van der Waals surface area contributed by atoms with Crippen molar-refractivity contribution in [3.8, 4) is 178 Å². The van der Waals surface area contributed by atoms with E-state index in [1.165, 1.54) is 286 Å². The van der Waals surface area contributed by atoms with E-state index in [-0.39, 0.29) is 0 Å². The van der Waals surface area contributed by atoms with Crippen LogP contribution >= 0.6 is 0 Å². The third-order valence-electron chi connectivity index (χ3n) is 30.1. The van der Waals surface area contributed by atoms with Gasteiger partial charge in [-0.05, 0) is 322 Å². The largest absolute Gasteiger partial charge is 0.0622 e. The zero-order chi connectivity index (χ0) is 95.1. The molecule has 0 nitrogen and oxygen atoms in total. The number of fused-ring (bicyclic) bond motifs is 4. The molecule has 0 bridgehead atoms. The molecule has 0 fully saturated rings. The summed E-state index contributed by atoms with van der Waals surface area (Å²) < 4.78 is 0. The molecule has 0 spiro atoms. The molecule has 0 aliphatic heterocycles. The van der Waals surface area contributed by atoms with Crippen LogP contribution in [0.25, 0.3) is 286 Å². The molecule has 0 heteroatoms. The van der Waals surface area contributed by atoms with Crippen LogP contribution in [0.3, 0.4) is 0 Å². The van der Waals surface area contributed by atoms with Crippen LogP contribution in [0.4, 0.5) is 0 Å². The Morgan fingerprint density at radius 2 is 0.236 bits per heavy atom. The smallest absolute Gasteiger partial charge is 0.00139 e. The predicted molar refractivity (Wildman–Crippen MR) is 617 cm³/mol. The Kier molecular flexibility index (Phi) is 21.1. The third-order valence-corrected chi connectivity index (χ3v) is 30.1. The van der Waals surface area contributed by atoms with Crippen molar-refractivity contribution in [3.05, 3.63) is 558 Å². The van der Waals surface area contributed by atoms with E-state index in [1.807, 2.05) is 0 Å². The molecule has 0 unspecified atom stereocenters. The molecule has 668 valence electrons. The molecule has 0 amide bonds. The fourth-order valence-electron chi connectivity index (χ4n) is 23.3. The van der Waals surface area contributed by atoms with E-state index in [0.29, 0.717) is 0 Å². The summed E-state index contributed by atoms with van der Waals surface area (Å²) in [5.41, 5.74) is 38.8. The van der Waals surface area contributed by atoms with E-state index in [1.54, 1.807) is 0 Å². The summed E-state index contributed by atoms with van der Waals surface area (Å²) in [7, 11) is 0. The van der Waals surface area contributed by atoms with Crippen LogP contribution in [-0.2, 0) is 0 Å². The summed E-state index contributed by atoms with van der Waals surface area (Å²) in [4.78, 5) is 0. The molecule has 0 radical (unpaired) electrons. The zero-order valence-electron chi connectivity index (χ0n) is 79.1. The Balaban J connectivity index is 0.000000143. The molecule has 0 aromatic heterocycles. The molecular formula is C144H92. The summed E-state index contributed by atoms with van der Waals surface area (Å²) in [5, 5.41) is 25.2. The first-order valence-corrected chi connectivity index (χ1v) is 50.0. The van der Waals surface area contributed by atoms with Gasteiger partial charge in [0.15, 0.2) is 0 Å². The lowest BCUT2D eigenvalue weighted by atomic mass is 9.80. The minimum Gasteiger partial charge on any atom is -0.0622 e. The molecule has 0 saturated carbocycles. The highest BCUT2D eigenvalue weighted by atomic mass is 14.3. The predicted octanol–water partition coefficient (Wildman–Crippen LogP) is 40.5. The van der Waals surface area contributed by atoms with Crippen LogP contribution in [0, 0.1) is 0 Å². The van der Waals surface area contributed by atoms with Crippen LogP contribution in [0.15, 0.2) is 558 Å². The van der Waals surface area contributed by atoms with Gasteiger partial charge in [-0.15, -0.1) is 0 Å². The van der Waals surface area contributed by atoms with Crippen molar-refractivity contribution < 1.29 is 0 Å². The van der Waals surface area contributed by atoms with E-state index in [9.17, 15) is 0 Å². The summed E-state index contributed by atoms with van der Waals surface area (Å²) in [5.74, 6) is 0. The SMILES string of the molecule is c1ccc(-c2cccc(-c3cc(-c4ccc(-c5cccc6ccccc56)cc4)c4ccc5c(-c6cccc(-c7ccccc7)c6)cc(-c6ccc(-c7cccc8ccccc78)cc6)c6ccc3c4c65)c2)cc1.c1ccc(-c2ccccc2-c2cc(-c3ccc(-c4cccc5ccccc45)cc3)c3ccc4c(-c5ccccc5-c5ccccc5)cc(-c5ccc(-c6cccc7ccccc67)cc5)c5ccc2c3c54)cc1. The maximum Gasteiger partial charge on any atom is -0.00139 e. The number of hydrogen-bond donors (Lipinski definition) is 0. The van der Waals surface area contributed by atoms with E-state index < -0.39 is 0 Å². The van der Waals surface area contributed by atoms with Crippen LogP contribution in [0.1, 0.15) is 0 Å². The van der Waals surface area contributed by atoms with Gasteiger partial charge in [-0.1, -0.05) is 522 Å². The lowest BCUT2D eigenvalue weighted by Gasteiger charge is -2.23. The van der Waals surface area contributed by atoms with Gasteiger partial charge in [0.25, 0.3) is 0 Å². The van der Waals surface area contributed by atoms with Gasteiger partial charge in [0, 0.05) is 0 Å². The Labute approximate surface area is 837 Å². The number of hydrogen-bond acceptors (Lipinski definition) is 0. The molecule has 0 heterocycles. The van der Waals surface area contributed by atoms with Crippen molar-refractivity contribution in [2.45, 2.75) is 0 Å². The van der Waals surface area contributed by atoms with Crippen molar-refractivity contribution in [3.63, 3.8) is 0 Å². The van der Waals surface area contributed by atoms with Crippen molar-refractivity contribution in [1.29, 1.82) is 0 Å². The Bertz CT molecular complexity index is 9220. The third kappa shape index (κ3) is 14.9. The van der Waals surface area contributed by atoms with Crippen molar-refractivity contribution in [2.75, 3.05) is 0 Å². The highest BCUT2D eigenvalue weighted by Crippen LogP contribution is 2.55. The topological polar surface area (TPSA) is 0 Å². The number of rotatable bonds is 16. The monoisotopic (exact) mass is 1820 g/mol. The first-order valence-electron chi connectivity index (χ1n) is 50.0. The molecule has 0 saturated heterocycles. The summed E-state index contributed by atoms with van der Waals surface area (Å²) in [6.45, 7) is 0. The lowest BCUT2D eigenvalue weighted by Crippen LogP contribution is -1.96. The van der Waals surface area contributed by atoms with Gasteiger partial charge in [0.1, 0.15) is 0 Å². The first-order chi connectivity index (χ1) is 71.4. The van der Waals surface area contributed by atoms with Gasteiger partial charge in [0.05, 0.1) is 0 Å². The molecule has 0 atom stereocenters. The normalized spacial score (nSPS) is 11.6. The van der Waals surface area contributed by atoms with Crippen LogP contribution < -0.4 is 0 Å². The Morgan fingerprint density at radius 1 is 0.0694 bits per heavy atom. The molecule has 28 rings (SSSR count). The number of benzene rings is 28. The fourth-order valence-corrected chi connectivity index (χ4v) is 23.3. The molecule has 144 heavy (non-hydrogen) atoms. The van der Waals surface area contributed by atoms with Crippen molar-refractivity contribution in [1.82, 2.24) is 0 Å². The standard InChI is InChI=1S/2C72H46/c1-3-15-47(16-4-1)55-23-11-25-57(43-55)69-45-67(53-35-31-51(32-36-53)61-29-13-21-49-19-7-9-27-59(49)61)63-40-42-66-70(58-26-12-24-56(44-58)48-17-5-2-6-18-48)46-68(64-39-41-65(69)71(63)72(64)66)54-37-33-52(34-38-54)62-30-14-22-50-20-8-10-28-60(50)62;1-3-17-47(18-4-1)59-27-11-13-29-61(59)69-45-67(53-37-33-51(34-38-53)57-31-15-23-49-21-7-9-25-55(49)57)63-42-44-66-70(62-30-14-12-28-60(62)48-19-5-2-6-20-48)46-68(64-41-43-65(69)71(63)72(64)66)54-39-35-52(36-40-54)58-32-16-24-50-22-8-10-26-56(50)58/h2*1-46H. The molecular weight excluding hydrogens is 1730 g/mol. The molecule has 28 aromatic rings. The lowest BCUT2D eigenvalue weighted by molar-refractivity contribution is 1.59. The second kappa shape index (κ2) is 35.9. The minimum absolute atomic E-state index is 1.19. The summed E-state index contributed by atoms with van der Waals surface area (Å²) in [6, 6.07) is 207. The molecule has 0 aliphatic carbocycles. The van der Waals surface area contributed by atoms with Crippen LogP contribution in [0.2, 0.25) is 0 Å². The zero-order valence-corrected chi connectivity index (χ0v) is 79.1. The average Bonchev–Trinajstić information content (AvgIpc) is 0.705. The summed E-state index contributed by atoms with van der Waals surface area (Å²) >= 11 is 0. The van der Waals surface area contributed by atoms with Crippen molar-refractivity contribution in [2.24, 2.45) is 0 Å². The van der Waals surface area contributed by atoms with Gasteiger partial charge in [-0.3, -0.25) is 0 Å². The van der Waals surface area contributed by atoms with Gasteiger partial charge < -0.3 is 0 Å². The van der Waals surface area contributed by atoms with E-state index >= 15 is 0 Å². The average molecular weight is 1820 g/mol. The Morgan fingerprint density at radius 3 is 0.507 bits per heavy atom. The maximum absolute atomic E-state index is 2.47. The van der Waals surface area contributed by atoms with Crippen molar-refractivity contribution >= 4 is 108 Å². The first kappa shape index (κ1) is 84.6. The van der Waals surface area contributed by atoms with Crippen LogP contribution in [-0.4, -0.2) is 0 Å². The van der Waals surface area contributed by atoms with E-state index in [0.717, 1.165) is 0 Å². The maximum atomic E-state index is 2.47. The van der Waals surface area contributed by atoms with Gasteiger partial charge in [-0.25, -0.2) is 0 Å². The molecule has 0 N–H and O–H groups in total. The van der Waals surface area contributed by atoms with E-state index in [2.05, 4.69) is 558 Å². The van der Waals surface area contributed by atoms with Crippen LogP contribution in [0.5, 0.6) is 0 Å². The van der Waals surface area contributed by atoms with Gasteiger partial charge in [-0.2, -0.15) is 0 Å². The fraction of sp³-hybridized carbons (Fsp3) is 0. The second-order valence-electron chi connectivity index (χ2n) is 38.2.